The van der Waals surface area contributed by atoms with Gasteiger partial charge in [0, 0.05) is 12.6 Å². The van der Waals surface area contributed by atoms with Crippen molar-refractivity contribution in [3.05, 3.63) is 70.0 Å². The topological polar surface area (TPSA) is 32.3 Å². The van der Waals surface area contributed by atoms with E-state index in [0.29, 0.717) is 11.5 Å². The second-order valence-corrected chi connectivity index (χ2v) is 8.23. The number of piperidine rings is 1. The van der Waals surface area contributed by atoms with E-state index in [9.17, 15) is 22.4 Å². The van der Waals surface area contributed by atoms with E-state index < -0.39 is 34.5 Å². The third kappa shape index (κ3) is 5.90. The molecule has 3 atom stereocenters. The number of carbonyl (C=O) groups excluding carboxylic acids is 1. The summed E-state index contributed by atoms with van der Waals surface area (Å²) in [5, 5.41) is 2.22. The third-order valence-electron chi connectivity index (χ3n) is 5.57. The molecule has 1 fully saturated rings. The zero-order valence-corrected chi connectivity index (χ0v) is 18.6. The molecule has 2 aromatic rings. The molecule has 1 N–H and O–H groups in total. The van der Waals surface area contributed by atoms with Crippen LogP contribution in [0.1, 0.15) is 47.3 Å². The number of benzene rings is 2. The van der Waals surface area contributed by atoms with Crippen LogP contribution in [0.25, 0.3) is 0 Å². The molecule has 170 valence electrons. The van der Waals surface area contributed by atoms with Gasteiger partial charge in [-0.05, 0) is 55.6 Å². The molecule has 1 aliphatic heterocycles. The summed E-state index contributed by atoms with van der Waals surface area (Å²) in [6.07, 6.45) is -2.92. The first-order valence-corrected chi connectivity index (χ1v) is 10.1. The predicted octanol–water partition coefficient (Wildman–Crippen LogP) is 6.12. The Kier molecular flexibility index (Phi) is 8.36. The molecule has 3 nitrogen and oxygen atoms in total. The Morgan fingerprint density at radius 3 is 2.39 bits per heavy atom. The zero-order valence-electron chi connectivity index (χ0n) is 17.0. The number of hydrogen-bond donors (Lipinski definition) is 1. The number of halogens is 6. The molecule has 0 radical (unpaired) electrons. The van der Waals surface area contributed by atoms with Gasteiger partial charge >= 0.3 is 6.18 Å². The highest BCUT2D eigenvalue weighted by molar-refractivity contribution is 6.34. The zero-order chi connectivity index (χ0) is 22.1. The highest BCUT2D eigenvalue weighted by atomic mass is 35.5. The van der Waals surface area contributed by atoms with Crippen molar-refractivity contribution in [3.8, 4) is 0 Å². The molecule has 1 amide bonds. The lowest BCUT2D eigenvalue weighted by Gasteiger charge is -2.41. The van der Waals surface area contributed by atoms with Crippen LogP contribution < -0.4 is 5.32 Å². The van der Waals surface area contributed by atoms with Crippen molar-refractivity contribution in [2.75, 3.05) is 13.6 Å². The second kappa shape index (κ2) is 10.2. The molecule has 9 heteroatoms. The van der Waals surface area contributed by atoms with E-state index in [1.54, 1.807) is 12.1 Å². The summed E-state index contributed by atoms with van der Waals surface area (Å²) in [6, 6.07) is 8.43. The minimum Gasteiger partial charge on any atom is -0.344 e. The Bertz CT molecular complexity index is 905. The van der Waals surface area contributed by atoms with Gasteiger partial charge in [0.25, 0.3) is 5.91 Å². The maximum atomic E-state index is 13.4. The Hall–Kier alpha value is -1.83. The Balaban J connectivity index is 0.00000341. The van der Waals surface area contributed by atoms with Gasteiger partial charge in [-0.25, -0.2) is 4.39 Å². The largest absolute Gasteiger partial charge is 0.417 e. The lowest BCUT2D eigenvalue weighted by molar-refractivity contribution is -0.137. The summed E-state index contributed by atoms with van der Waals surface area (Å²) in [4.78, 5) is 15.1. The number of hydrogen-bond acceptors (Lipinski definition) is 2. The molecule has 0 bridgehead atoms. The Labute approximate surface area is 190 Å². The van der Waals surface area contributed by atoms with Crippen molar-refractivity contribution in [2.45, 2.75) is 38.0 Å². The molecular weight excluding hydrogens is 455 g/mol. The second-order valence-electron chi connectivity index (χ2n) is 7.86. The van der Waals surface area contributed by atoms with Crippen LogP contribution in [0.2, 0.25) is 5.02 Å². The maximum absolute atomic E-state index is 13.4. The van der Waals surface area contributed by atoms with Gasteiger partial charge in [0.15, 0.2) is 0 Å². The quantitative estimate of drug-likeness (QED) is 0.536. The first-order valence-electron chi connectivity index (χ1n) is 9.70. The standard InChI is InChI=1S/C22H23ClF4N2O.ClH/c1-13-6-11-18(29(2)12-13)20(14-7-9-15(24)10-8-14)28-21(30)16-4-3-5-17(19(16)23)22(25,26)27;/h3-5,7-10,13,18,20H,6,11-12H2,1-2H3,(H,28,30);1H. The summed E-state index contributed by atoms with van der Waals surface area (Å²) in [5.74, 6) is -0.614. The number of nitrogens with one attached hydrogen (secondary N) is 1. The van der Waals surface area contributed by atoms with Crippen LogP contribution in [-0.4, -0.2) is 30.4 Å². The van der Waals surface area contributed by atoms with E-state index in [1.807, 2.05) is 7.05 Å². The minimum atomic E-state index is -4.66. The smallest absolute Gasteiger partial charge is 0.344 e. The molecule has 0 spiro atoms. The molecule has 31 heavy (non-hydrogen) atoms. The summed E-state index contributed by atoms with van der Waals surface area (Å²) in [6.45, 7) is 2.96. The SMILES string of the molecule is CC1CCC(C(NC(=O)c2cccc(C(F)(F)F)c2Cl)c2ccc(F)cc2)N(C)C1.Cl. The Morgan fingerprint density at radius 2 is 1.81 bits per heavy atom. The van der Waals surface area contributed by atoms with E-state index in [-0.39, 0.29) is 24.0 Å². The molecule has 3 unspecified atom stereocenters. The molecule has 3 rings (SSSR count). The van der Waals surface area contributed by atoms with Crippen LogP contribution >= 0.6 is 24.0 Å². The number of carbonyl (C=O) groups is 1. The van der Waals surface area contributed by atoms with E-state index in [0.717, 1.165) is 31.5 Å². The van der Waals surface area contributed by atoms with Crippen LogP contribution in [0.4, 0.5) is 17.6 Å². The molecule has 1 aliphatic rings. The summed E-state index contributed by atoms with van der Waals surface area (Å²) >= 11 is 5.93. The predicted molar refractivity (Wildman–Crippen MR) is 115 cm³/mol. The number of nitrogens with zero attached hydrogens (tertiary/aromatic N) is 1. The van der Waals surface area contributed by atoms with Gasteiger partial charge in [-0.15, -0.1) is 12.4 Å². The lowest BCUT2D eigenvalue weighted by Crippen LogP contribution is -2.48. The van der Waals surface area contributed by atoms with E-state index in [1.165, 1.54) is 18.2 Å². The normalized spacial score (nSPS) is 20.6. The molecule has 2 aromatic carbocycles. The molecule has 1 heterocycles. The van der Waals surface area contributed by atoms with Crippen molar-refractivity contribution in [3.63, 3.8) is 0 Å². The van der Waals surface area contributed by atoms with Crippen molar-refractivity contribution in [1.29, 1.82) is 0 Å². The molecular formula is C22H24Cl2F4N2O. The fraction of sp³-hybridized carbons (Fsp3) is 0.409. The van der Waals surface area contributed by atoms with Gasteiger partial charge in [-0.2, -0.15) is 13.2 Å². The van der Waals surface area contributed by atoms with Crippen LogP contribution in [0.5, 0.6) is 0 Å². The monoisotopic (exact) mass is 478 g/mol. The van der Waals surface area contributed by atoms with Crippen molar-refractivity contribution in [1.82, 2.24) is 10.2 Å². The number of alkyl halides is 3. The number of rotatable bonds is 4. The molecule has 0 aromatic heterocycles. The van der Waals surface area contributed by atoms with Crippen LogP contribution in [0, 0.1) is 11.7 Å². The number of likely N-dealkylation sites (N-methyl/N-ethyl adjacent to an activating group) is 1. The fourth-order valence-electron chi connectivity index (χ4n) is 4.03. The first-order chi connectivity index (χ1) is 14.1. The van der Waals surface area contributed by atoms with Crippen molar-refractivity contribution >= 4 is 29.9 Å². The number of amides is 1. The molecule has 0 saturated carbocycles. The fourth-order valence-corrected chi connectivity index (χ4v) is 4.35. The van der Waals surface area contributed by atoms with Crippen LogP contribution in [0.15, 0.2) is 42.5 Å². The highest BCUT2D eigenvalue weighted by Gasteiger charge is 2.36. The van der Waals surface area contributed by atoms with Crippen molar-refractivity contribution in [2.24, 2.45) is 5.92 Å². The Morgan fingerprint density at radius 1 is 1.16 bits per heavy atom. The van der Waals surface area contributed by atoms with Gasteiger partial charge < -0.3 is 10.2 Å². The summed E-state index contributed by atoms with van der Waals surface area (Å²) in [5.41, 5.74) is -0.622. The first kappa shape index (κ1) is 25.4. The minimum absolute atomic E-state index is 0. The van der Waals surface area contributed by atoms with E-state index >= 15 is 0 Å². The van der Waals surface area contributed by atoms with E-state index in [2.05, 4.69) is 17.1 Å². The average molecular weight is 479 g/mol. The van der Waals surface area contributed by atoms with Crippen LogP contribution in [0.3, 0.4) is 0 Å². The van der Waals surface area contributed by atoms with Gasteiger partial charge in [0.2, 0.25) is 0 Å². The molecule has 1 saturated heterocycles. The third-order valence-corrected chi connectivity index (χ3v) is 5.98. The van der Waals surface area contributed by atoms with Gasteiger partial charge in [0.05, 0.1) is 22.2 Å². The van der Waals surface area contributed by atoms with Gasteiger partial charge in [0.1, 0.15) is 5.82 Å². The van der Waals surface area contributed by atoms with Crippen molar-refractivity contribution < 1.29 is 22.4 Å². The maximum Gasteiger partial charge on any atom is 0.417 e. The lowest BCUT2D eigenvalue weighted by atomic mass is 9.87. The van der Waals surface area contributed by atoms with Gasteiger partial charge in [-0.3, -0.25) is 4.79 Å². The average Bonchev–Trinajstić information content (AvgIpc) is 2.66. The molecule has 0 aliphatic carbocycles. The number of likely N-dealkylation sites (tertiary alicyclic amines) is 1. The summed E-state index contributed by atoms with van der Waals surface area (Å²) in [7, 11) is 1.94. The van der Waals surface area contributed by atoms with E-state index in [4.69, 9.17) is 11.6 Å². The van der Waals surface area contributed by atoms with Gasteiger partial charge in [-0.1, -0.05) is 36.7 Å². The summed E-state index contributed by atoms with van der Waals surface area (Å²) < 4.78 is 53.0. The highest BCUT2D eigenvalue weighted by Crippen LogP contribution is 2.37. The van der Waals surface area contributed by atoms with Crippen LogP contribution in [-0.2, 0) is 6.18 Å².